The Morgan fingerprint density at radius 3 is 1.26 bits per heavy atom. The number of rotatable bonds is 3. The number of nitrogen functional groups attached to an aromatic ring is 2. The van der Waals surface area contributed by atoms with E-state index in [0.29, 0.717) is 28.7 Å². The smallest absolute Gasteiger partial charge is 0.146 e. The van der Waals surface area contributed by atoms with Gasteiger partial charge in [0.05, 0.1) is 17.1 Å². The van der Waals surface area contributed by atoms with Gasteiger partial charge in [-0.2, -0.15) is 20.4 Å². The lowest BCUT2D eigenvalue weighted by Crippen LogP contribution is -1.99. The molecule has 10 rings (SSSR count). The second-order valence-electron chi connectivity index (χ2n) is 14.9. The molecule has 0 bridgehead atoms. The van der Waals surface area contributed by atoms with E-state index < -0.39 is 0 Å². The Labute approximate surface area is 441 Å². The van der Waals surface area contributed by atoms with E-state index in [2.05, 4.69) is 98.4 Å². The number of aromatic nitrogens is 10. The predicted octanol–water partition coefficient (Wildman–Crippen LogP) is 11.7. The molecule has 0 aliphatic carbocycles. The van der Waals surface area contributed by atoms with E-state index in [9.17, 15) is 17.6 Å². The molecule has 10 aromatic rings. The number of pyridine rings is 2. The SMILES string of the molecule is C#Cc1ccccn1.Cc1cc(C#Cc2ccccn2)nn1-c1ccc(F)cc1.Cc1cc(I)nn1-c1ccc(F)cc1.Cc1cc(N)n[nH]1.Cc1cc(N)nn1-c1ccc(F)cc1.Fc1ccc(I)cc1. The third-order valence-electron chi connectivity index (χ3n) is 9.19. The van der Waals surface area contributed by atoms with Gasteiger partial charge in [0.1, 0.15) is 55.7 Å². The van der Waals surface area contributed by atoms with Crippen molar-refractivity contribution in [3.63, 3.8) is 0 Å². The van der Waals surface area contributed by atoms with E-state index >= 15 is 0 Å². The minimum atomic E-state index is -0.265. The Morgan fingerprint density at radius 1 is 0.486 bits per heavy atom. The van der Waals surface area contributed by atoms with Crippen LogP contribution in [0.2, 0.25) is 0 Å². The van der Waals surface area contributed by atoms with Gasteiger partial charge in [0.25, 0.3) is 0 Å². The molecule has 0 amide bonds. The maximum Gasteiger partial charge on any atom is 0.146 e. The number of terminal acetylenes is 1. The van der Waals surface area contributed by atoms with Crippen molar-refractivity contribution in [2.45, 2.75) is 27.7 Å². The number of aryl methyl sites for hydroxylation is 4. The second kappa shape index (κ2) is 27.9. The van der Waals surface area contributed by atoms with E-state index in [1.54, 1.807) is 93.2 Å². The van der Waals surface area contributed by atoms with Gasteiger partial charge in [-0.3, -0.25) is 5.10 Å². The average Bonchev–Trinajstić information content (AvgIpc) is 4.15. The molecule has 72 heavy (non-hydrogen) atoms. The largest absolute Gasteiger partial charge is 0.382 e. The summed E-state index contributed by atoms with van der Waals surface area (Å²) >= 11 is 4.28. The van der Waals surface area contributed by atoms with Gasteiger partial charge >= 0.3 is 0 Å². The van der Waals surface area contributed by atoms with Gasteiger partial charge in [0.15, 0.2) is 0 Å². The number of nitrogens with one attached hydrogen (secondary N) is 1. The molecule has 6 aromatic heterocycles. The fourth-order valence-electron chi connectivity index (χ4n) is 5.88. The number of nitrogens with zero attached hydrogens (tertiary/aromatic N) is 9. The number of hydrogen-bond acceptors (Lipinski definition) is 8. The van der Waals surface area contributed by atoms with Crippen LogP contribution in [-0.2, 0) is 0 Å². The lowest BCUT2D eigenvalue weighted by atomic mass is 10.3. The zero-order chi connectivity index (χ0) is 52.0. The monoisotopic (exact) mass is 1190 g/mol. The number of aromatic amines is 1. The van der Waals surface area contributed by atoms with E-state index in [0.717, 1.165) is 47.1 Å². The minimum Gasteiger partial charge on any atom is -0.382 e. The number of anilines is 2. The fourth-order valence-corrected chi connectivity index (χ4v) is 6.91. The molecule has 0 aliphatic heterocycles. The van der Waals surface area contributed by atoms with Crippen LogP contribution < -0.4 is 11.5 Å². The Hall–Kier alpha value is -8.08. The molecule has 18 heteroatoms. The molecule has 0 aliphatic rings. The van der Waals surface area contributed by atoms with E-state index in [-0.39, 0.29) is 23.3 Å². The quantitative estimate of drug-likeness (QED) is 0.0895. The van der Waals surface area contributed by atoms with E-state index in [4.69, 9.17) is 17.9 Å². The van der Waals surface area contributed by atoms with Crippen molar-refractivity contribution >= 4 is 56.8 Å². The van der Waals surface area contributed by atoms with Crippen LogP contribution in [0.4, 0.5) is 29.2 Å². The summed E-state index contributed by atoms with van der Waals surface area (Å²) in [5.74, 6) is 8.46. The topological polar surface area (TPSA) is 160 Å². The first-order chi connectivity index (χ1) is 34.6. The highest BCUT2D eigenvalue weighted by atomic mass is 127. The van der Waals surface area contributed by atoms with Crippen molar-refractivity contribution in [3.05, 3.63) is 241 Å². The third-order valence-corrected chi connectivity index (χ3v) is 10.4. The molecule has 0 radical (unpaired) electrons. The summed E-state index contributed by atoms with van der Waals surface area (Å²) in [6.45, 7) is 7.71. The lowest BCUT2D eigenvalue weighted by molar-refractivity contribution is 0.626. The molecule has 0 spiro atoms. The first kappa shape index (κ1) is 54.9. The molecule has 4 aromatic carbocycles. The summed E-state index contributed by atoms with van der Waals surface area (Å²) < 4.78 is 57.6. The van der Waals surface area contributed by atoms with E-state index in [1.807, 2.05) is 70.2 Å². The first-order valence-electron chi connectivity index (χ1n) is 21.4. The highest BCUT2D eigenvalue weighted by Crippen LogP contribution is 2.16. The molecule has 12 nitrogen and oxygen atoms in total. The number of hydrogen-bond donors (Lipinski definition) is 3. The van der Waals surface area contributed by atoms with Gasteiger partial charge in [-0.05, 0) is 218 Å². The van der Waals surface area contributed by atoms with Gasteiger partial charge in [-0.1, -0.05) is 18.1 Å². The van der Waals surface area contributed by atoms with Crippen molar-refractivity contribution in [1.82, 2.24) is 49.5 Å². The van der Waals surface area contributed by atoms with Crippen molar-refractivity contribution in [2.24, 2.45) is 0 Å². The van der Waals surface area contributed by atoms with Crippen LogP contribution >= 0.6 is 45.2 Å². The molecule has 6 heterocycles. The lowest BCUT2D eigenvalue weighted by Gasteiger charge is -2.02. The maximum atomic E-state index is 13.0. The summed E-state index contributed by atoms with van der Waals surface area (Å²) in [6.07, 6.45) is 8.41. The maximum absolute atomic E-state index is 13.0. The second-order valence-corrected chi connectivity index (χ2v) is 17.2. The normalized spacial score (nSPS) is 9.79. The van der Waals surface area contributed by atoms with Gasteiger partial charge < -0.3 is 11.5 Å². The van der Waals surface area contributed by atoms with Crippen molar-refractivity contribution in [2.75, 3.05) is 11.5 Å². The Balaban J connectivity index is 0.000000168. The van der Waals surface area contributed by atoms with Gasteiger partial charge in [-0.15, -0.1) is 6.42 Å². The van der Waals surface area contributed by atoms with E-state index in [1.165, 1.54) is 48.5 Å². The van der Waals surface area contributed by atoms with Crippen LogP contribution in [0.25, 0.3) is 17.1 Å². The number of H-pyrrole nitrogens is 1. The third kappa shape index (κ3) is 18.3. The highest BCUT2D eigenvalue weighted by Gasteiger charge is 2.06. The summed E-state index contributed by atoms with van der Waals surface area (Å²) in [6, 6.07) is 43.4. The molecule has 0 saturated heterocycles. The average molecular weight is 1190 g/mol. The molecule has 0 fully saturated rings. The summed E-state index contributed by atoms with van der Waals surface area (Å²) in [4.78, 5) is 8.00. The first-order valence-corrected chi connectivity index (χ1v) is 23.6. The van der Waals surface area contributed by atoms with Crippen molar-refractivity contribution in [3.8, 4) is 41.2 Å². The van der Waals surface area contributed by atoms with Crippen molar-refractivity contribution < 1.29 is 17.6 Å². The molecule has 0 unspecified atom stereocenters. The standard InChI is InChI=1S/C17H12FN3.C10H8FIN2.C10H10FN3.C7H5N.C6H4FI.C4H7N3/c1-13-12-16(8-7-15-4-2-3-11-19-15)20-21(13)17-9-5-14(18)6-10-17;2*1-7-6-10(12)13-14(7)9-4-2-8(11)3-5-9;1-2-7-5-3-4-6-8-7;7-5-1-3-6(8)4-2-5;1-3-2-4(5)7-6-3/h2-6,9-12H,1H3;2-6H,1H3;2-6H,1H3,(H2,12,13);1,3-6H;1-4H;2H,1H3,(H3,5,6,7). The zero-order valence-electron chi connectivity index (χ0n) is 39.2. The molecule has 364 valence electrons. The Bertz CT molecular complexity index is 3200. The highest BCUT2D eigenvalue weighted by molar-refractivity contribution is 14.1. The molecule has 5 N–H and O–H groups in total. The Kier molecular flexibility index (Phi) is 21.3. The molecular formula is C54H46F4I2N12. The minimum absolute atomic E-state index is 0.176. The fraction of sp³-hybridized carbons (Fsp3) is 0.0741. The van der Waals surface area contributed by atoms with Crippen LogP contribution in [-0.4, -0.2) is 49.5 Å². The van der Waals surface area contributed by atoms with Crippen LogP contribution in [0.5, 0.6) is 0 Å². The van der Waals surface area contributed by atoms with Gasteiger partial charge in [0, 0.05) is 50.9 Å². The van der Waals surface area contributed by atoms with Crippen LogP contribution in [0.1, 0.15) is 39.9 Å². The van der Waals surface area contributed by atoms with Crippen LogP contribution in [0, 0.1) is 82.4 Å². The van der Waals surface area contributed by atoms with Crippen LogP contribution in [0.3, 0.4) is 0 Å². The number of halogens is 6. The summed E-state index contributed by atoms with van der Waals surface area (Å²) in [5, 5.41) is 19.2. The Morgan fingerprint density at radius 2 is 0.917 bits per heavy atom. The molecular weight excluding hydrogens is 1150 g/mol. The summed E-state index contributed by atoms with van der Waals surface area (Å²) in [7, 11) is 0. The number of nitrogens with two attached hydrogens (primary N) is 2. The summed E-state index contributed by atoms with van der Waals surface area (Å²) in [5.41, 5.74) is 19.2. The molecule has 0 saturated carbocycles. The zero-order valence-corrected chi connectivity index (χ0v) is 43.5. The van der Waals surface area contributed by atoms with Crippen LogP contribution in [0.15, 0.2) is 170 Å². The molecule has 0 atom stereocenters. The van der Waals surface area contributed by atoms with Gasteiger partial charge in [-0.25, -0.2) is 41.6 Å². The van der Waals surface area contributed by atoms with Gasteiger partial charge in [0.2, 0.25) is 0 Å². The predicted molar refractivity (Wildman–Crippen MR) is 291 cm³/mol. The number of benzene rings is 4. The van der Waals surface area contributed by atoms with Crippen molar-refractivity contribution in [1.29, 1.82) is 0 Å².